The van der Waals surface area contributed by atoms with Crippen LogP contribution in [0.15, 0.2) is 53.9 Å². The lowest BCUT2D eigenvalue weighted by Crippen LogP contribution is -2.19. The van der Waals surface area contributed by atoms with E-state index in [4.69, 9.17) is 16.3 Å². The first-order valence-corrected chi connectivity index (χ1v) is 9.63. The second-order valence-electron chi connectivity index (χ2n) is 5.51. The van der Waals surface area contributed by atoms with Gasteiger partial charge in [0, 0.05) is 16.1 Å². The highest BCUT2D eigenvalue weighted by Gasteiger charge is 2.14. The van der Waals surface area contributed by atoms with Crippen molar-refractivity contribution in [1.82, 2.24) is 4.98 Å². The topological polar surface area (TPSA) is 92.4 Å². The number of carbonyl (C=O) groups is 2. The van der Waals surface area contributed by atoms with E-state index in [9.17, 15) is 9.59 Å². The number of ether oxygens (including phenoxy) is 1. The van der Waals surface area contributed by atoms with Crippen molar-refractivity contribution >= 4 is 51.4 Å². The van der Waals surface area contributed by atoms with Crippen molar-refractivity contribution in [2.75, 3.05) is 22.6 Å². The molecule has 3 rings (SSSR count). The molecule has 2 aromatic carbocycles. The van der Waals surface area contributed by atoms with Crippen LogP contribution in [0.25, 0.3) is 0 Å². The van der Waals surface area contributed by atoms with Crippen LogP contribution in [0, 0.1) is 0 Å². The summed E-state index contributed by atoms with van der Waals surface area (Å²) >= 11 is 6.96. The third-order valence-electron chi connectivity index (χ3n) is 3.49. The molecule has 0 bridgehead atoms. The molecule has 7 nitrogen and oxygen atoms in total. The van der Waals surface area contributed by atoms with E-state index in [0.717, 1.165) is 11.3 Å². The Morgan fingerprint density at radius 1 is 1.07 bits per heavy atom. The number of amides is 3. The van der Waals surface area contributed by atoms with Gasteiger partial charge in [-0.3, -0.25) is 10.1 Å². The minimum absolute atomic E-state index is 0.193. The van der Waals surface area contributed by atoms with Gasteiger partial charge in [0.25, 0.3) is 5.91 Å². The maximum Gasteiger partial charge on any atom is 0.325 e. The first-order valence-electron chi connectivity index (χ1n) is 8.37. The van der Waals surface area contributed by atoms with Crippen LogP contribution < -0.4 is 20.7 Å². The molecule has 0 saturated carbocycles. The number of urea groups is 1. The summed E-state index contributed by atoms with van der Waals surface area (Å²) in [6.45, 7) is 2.35. The molecule has 0 unspecified atom stereocenters. The van der Waals surface area contributed by atoms with Gasteiger partial charge in [0.1, 0.15) is 11.4 Å². The van der Waals surface area contributed by atoms with Gasteiger partial charge in [0.05, 0.1) is 12.3 Å². The first-order chi connectivity index (χ1) is 13.5. The molecule has 0 radical (unpaired) electrons. The molecule has 0 saturated heterocycles. The maximum atomic E-state index is 12.4. The quantitative estimate of drug-likeness (QED) is 0.521. The summed E-state index contributed by atoms with van der Waals surface area (Å²) in [6, 6.07) is 13.4. The van der Waals surface area contributed by atoms with Crippen molar-refractivity contribution < 1.29 is 14.3 Å². The largest absolute Gasteiger partial charge is 0.492 e. The zero-order valence-corrected chi connectivity index (χ0v) is 16.4. The average Bonchev–Trinajstić information content (AvgIpc) is 3.14. The highest BCUT2D eigenvalue weighted by atomic mass is 35.5. The molecular weight excluding hydrogens is 400 g/mol. The Bertz CT molecular complexity index is 975. The summed E-state index contributed by atoms with van der Waals surface area (Å²) in [5, 5.41) is 10.5. The van der Waals surface area contributed by atoms with Gasteiger partial charge in [-0.25, -0.2) is 9.78 Å². The van der Waals surface area contributed by atoms with Gasteiger partial charge in [0.15, 0.2) is 5.13 Å². The number of nitrogens with one attached hydrogen (secondary N) is 3. The van der Waals surface area contributed by atoms with Gasteiger partial charge in [-0.1, -0.05) is 23.7 Å². The lowest BCUT2D eigenvalue weighted by molar-refractivity contribution is 0.102. The summed E-state index contributed by atoms with van der Waals surface area (Å²) in [6.07, 6.45) is 0. The predicted octanol–water partition coefficient (Wildman–Crippen LogP) is 5.09. The lowest BCUT2D eigenvalue weighted by atomic mass is 10.3. The molecule has 1 heterocycles. The van der Waals surface area contributed by atoms with E-state index in [1.165, 1.54) is 0 Å². The zero-order valence-electron chi connectivity index (χ0n) is 14.9. The van der Waals surface area contributed by atoms with Gasteiger partial charge in [0.2, 0.25) is 0 Å². The third-order valence-corrected chi connectivity index (χ3v) is 4.50. The van der Waals surface area contributed by atoms with Crippen LogP contribution in [0.5, 0.6) is 5.75 Å². The van der Waals surface area contributed by atoms with E-state index < -0.39 is 11.9 Å². The van der Waals surface area contributed by atoms with Crippen LogP contribution in [0.1, 0.15) is 17.4 Å². The second kappa shape index (κ2) is 9.20. The number of thiazole rings is 1. The number of nitrogens with zero attached hydrogens (tertiary/aromatic N) is 1. The van der Waals surface area contributed by atoms with Crippen LogP contribution >= 0.6 is 22.9 Å². The predicted molar refractivity (Wildman–Crippen MR) is 112 cm³/mol. The Morgan fingerprint density at radius 2 is 1.82 bits per heavy atom. The Morgan fingerprint density at radius 3 is 2.57 bits per heavy atom. The van der Waals surface area contributed by atoms with E-state index in [2.05, 4.69) is 20.9 Å². The molecule has 0 atom stereocenters. The Kier molecular flexibility index (Phi) is 6.46. The molecule has 0 aliphatic rings. The fourth-order valence-electron chi connectivity index (χ4n) is 2.27. The monoisotopic (exact) mass is 416 g/mol. The zero-order chi connectivity index (χ0) is 19.9. The Balaban J connectivity index is 1.61. The van der Waals surface area contributed by atoms with Gasteiger partial charge in [-0.15, -0.1) is 11.3 Å². The summed E-state index contributed by atoms with van der Waals surface area (Å²) < 4.78 is 5.49. The fraction of sp³-hybridized carbons (Fsp3) is 0.105. The van der Waals surface area contributed by atoms with Crippen LogP contribution in [-0.4, -0.2) is 23.5 Å². The number of carbonyl (C=O) groups excluding carboxylic acids is 2. The second-order valence-corrected chi connectivity index (χ2v) is 6.80. The van der Waals surface area contributed by atoms with Crippen molar-refractivity contribution in [2.45, 2.75) is 6.92 Å². The first kappa shape index (κ1) is 19.7. The molecule has 0 aliphatic carbocycles. The van der Waals surface area contributed by atoms with Crippen LogP contribution in [0.4, 0.5) is 21.3 Å². The molecule has 144 valence electrons. The molecular formula is C19H17ClN4O3S. The van der Waals surface area contributed by atoms with Crippen LogP contribution in [0.3, 0.4) is 0 Å². The minimum Gasteiger partial charge on any atom is -0.492 e. The van der Waals surface area contributed by atoms with Gasteiger partial charge >= 0.3 is 6.03 Å². The average molecular weight is 417 g/mol. The highest BCUT2D eigenvalue weighted by Crippen LogP contribution is 2.25. The van der Waals surface area contributed by atoms with E-state index in [-0.39, 0.29) is 5.69 Å². The lowest BCUT2D eigenvalue weighted by Gasteiger charge is -2.10. The van der Waals surface area contributed by atoms with Crippen LogP contribution in [0.2, 0.25) is 5.02 Å². The minimum atomic E-state index is -0.467. The molecule has 9 heteroatoms. The van der Waals surface area contributed by atoms with Gasteiger partial charge < -0.3 is 15.4 Å². The smallest absolute Gasteiger partial charge is 0.325 e. The molecule has 1 aromatic heterocycles. The van der Waals surface area contributed by atoms with E-state index in [1.54, 1.807) is 47.8 Å². The van der Waals surface area contributed by atoms with Crippen molar-refractivity contribution in [3.05, 3.63) is 64.6 Å². The number of aromatic nitrogens is 1. The SMILES string of the molecule is CCOc1ccccc1NC(=O)c1csc(NC(=O)Nc2ccc(Cl)cc2)n1. The van der Waals surface area contributed by atoms with E-state index in [1.807, 2.05) is 13.0 Å². The standard InChI is InChI=1S/C19H17ClN4O3S/c1-2-27-16-6-4-3-5-14(16)22-17(25)15-11-28-19(23-15)24-18(26)21-13-9-7-12(20)8-10-13/h3-11H,2H2,1H3,(H,22,25)(H2,21,23,24,26). The molecule has 0 spiro atoms. The number of hydrogen-bond acceptors (Lipinski definition) is 5. The Hall–Kier alpha value is -3.10. The van der Waals surface area contributed by atoms with E-state index >= 15 is 0 Å². The number of rotatable bonds is 6. The summed E-state index contributed by atoms with van der Waals surface area (Å²) in [7, 11) is 0. The summed E-state index contributed by atoms with van der Waals surface area (Å²) in [5.41, 5.74) is 1.33. The van der Waals surface area contributed by atoms with Gasteiger partial charge in [-0.05, 0) is 43.3 Å². The normalized spacial score (nSPS) is 10.2. The molecule has 3 amide bonds. The molecule has 3 aromatic rings. The summed E-state index contributed by atoms with van der Waals surface area (Å²) in [5.74, 6) is 0.184. The maximum absolute atomic E-state index is 12.4. The molecule has 28 heavy (non-hydrogen) atoms. The Labute approximate surface area is 170 Å². The molecule has 0 aliphatic heterocycles. The number of hydrogen-bond donors (Lipinski definition) is 3. The number of halogens is 1. The van der Waals surface area contributed by atoms with Crippen molar-refractivity contribution in [3.63, 3.8) is 0 Å². The van der Waals surface area contributed by atoms with Crippen molar-refractivity contribution in [3.8, 4) is 5.75 Å². The summed E-state index contributed by atoms with van der Waals surface area (Å²) in [4.78, 5) is 28.6. The van der Waals surface area contributed by atoms with Crippen molar-refractivity contribution in [1.29, 1.82) is 0 Å². The highest BCUT2D eigenvalue weighted by molar-refractivity contribution is 7.14. The van der Waals surface area contributed by atoms with Crippen molar-refractivity contribution in [2.24, 2.45) is 0 Å². The number of benzene rings is 2. The van der Waals surface area contributed by atoms with Crippen LogP contribution in [-0.2, 0) is 0 Å². The molecule has 3 N–H and O–H groups in total. The fourth-order valence-corrected chi connectivity index (χ4v) is 3.08. The number of para-hydroxylation sites is 2. The number of anilines is 3. The third kappa shape index (κ3) is 5.21. The van der Waals surface area contributed by atoms with E-state index in [0.29, 0.717) is 33.9 Å². The molecule has 0 fully saturated rings. The van der Waals surface area contributed by atoms with Gasteiger partial charge in [-0.2, -0.15) is 0 Å².